The summed E-state index contributed by atoms with van der Waals surface area (Å²) >= 11 is 0. The van der Waals surface area contributed by atoms with Gasteiger partial charge in [0.1, 0.15) is 12.4 Å². The predicted octanol–water partition coefficient (Wildman–Crippen LogP) is 2.89. The summed E-state index contributed by atoms with van der Waals surface area (Å²) in [7, 11) is 0. The van der Waals surface area contributed by atoms with Crippen molar-refractivity contribution in [2.75, 3.05) is 0 Å². The molecule has 0 N–H and O–H groups in total. The first-order valence-electron chi connectivity index (χ1n) is 5.50. The number of aromatic nitrogens is 2. The average molecular weight is 206 g/mol. The predicted molar refractivity (Wildman–Crippen MR) is 59.9 cm³/mol. The van der Waals surface area contributed by atoms with Gasteiger partial charge < -0.3 is 9.30 Å². The van der Waals surface area contributed by atoms with Crippen LogP contribution in [0.3, 0.4) is 0 Å². The summed E-state index contributed by atoms with van der Waals surface area (Å²) < 4.78 is 7.96. The fourth-order valence-corrected chi connectivity index (χ4v) is 2.02. The number of allylic oxidation sites excluding steroid dienone is 2. The van der Waals surface area contributed by atoms with E-state index in [1.54, 1.807) is 0 Å². The summed E-state index contributed by atoms with van der Waals surface area (Å²) in [4.78, 5) is 4.29. The maximum Gasteiger partial charge on any atom is 0.151 e. The Morgan fingerprint density at radius 1 is 1.27 bits per heavy atom. The lowest BCUT2D eigenvalue weighted by molar-refractivity contribution is 0.153. The molecule has 0 fully saturated rings. The maximum atomic E-state index is 5.79. The van der Waals surface area contributed by atoms with E-state index in [9.17, 15) is 0 Å². The normalized spacial score (nSPS) is 15.9. The molecule has 3 nitrogen and oxygen atoms in total. The van der Waals surface area contributed by atoms with Crippen molar-refractivity contribution < 1.29 is 4.74 Å². The van der Waals surface area contributed by atoms with Crippen molar-refractivity contribution in [1.29, 1.82) is 0 Å². The Morgan fingerprint density at radius 3 is 2.60 bits per heavy atom. The van der Waals surface area contributed by atoms with Gasteiger partial charge in [-0.25, -0.2) is 4.98 Å². The van der Waals surface area contributed by atoms with Crippen LogP contribution in [0.5, 0.6) is 0 Å². The van der Waals surface area contributed by atoms with Crippen molar-refractivity contribution >= 4 is 5.70 Å². The third kappa shape index (κ3) is 1.66. The molecule has 15 heavy (non-hydrogen) atoms. The van der Waals surface area contributed by atoms with Crippen LogP contribution in [-0.2, 0) is 11.3 Å². The van der Waals surface area contributed by atoms with Crippen LogP contribution in [0.2, 0.25) is 0 Å². The molecule has 1 aromatic heterocycles. The minimum atomic E-state index is 0.429. The smallest absolute Gasteiger partial charge is 0.151 e. The number of nitrogens with zero attached hydrogens (tertiary/aromatic N) is 2. The van der Waals surface area contributed by atoms with Gasteiger partial charge in [-0.1, -0.05) is 27.7 Å². The first-order chi connectivity index (χ1) is 7.11. The van der Waals surface area contributed by atoms with Gasteiger partial charge in [-0.05, 0) is 5.92 Å². The van der Waals surface area contributed by atoms with Crippen LogP contribution >= 0.6 is 0 Å². The molecular weight excluding hydrogens is 188 g/mol. The molecule has 2 heterocycles. The Labute approximate surface area is 90.8 Å². The quantitative estimate of drug-likeness (QED) is 0.744. The molecule has 0 radical (unpaired) electrons. The van der Waals surface area contributed by atoms with Crippen molar-refractivity contribution in [2.24, 2.45) is 11.8 Å². The zero-order valence-electron chi connectivity index (χ0n) is 9.82. The summed E-state index contributed by atoms with van der Waals surface area (Å²) in [6.45, 7) is 9.31. The third-order valence-corrected chi connectivity index (χ3v) is 2.66. The van der Waals surface area contributed by atoms with E-state index >= 15 is 0 Å². The highest BCUT2D eigenvalue weighted by molar-refractivity contribution is 5.52. The molecule has 1 aliphatic rings. The molecule has 0 saturated carbocycles. The molecule has 0 unspecified atom stereocenters. The summed E-state index contributed by atoms with van der Waals surface area (Å²) in [6, 6.07) is 0. The molecular formula is C12H18N2O. The standard InChI is InChI=1S/C12H18N2O/c1-8(2)11-12(9(3)4)15-7-10-13-5-6-14(10)11/h5-6,8-9H,7H2,1-4H3. The van der Waals surface area contributed by atoms with E-state index in [0.29, 0.717) is 18.4 Å². The van der Waals surface area contributed by atoms with Gasteiger partial charge in [0.2, 0.25) is 0 Å². The summed E-state index contributed by atoms with van der Waals surface area (Å²) in [5.74, 6) is 2.99. The molecule has 0 aliphatic carbocycles. The first-order valence-corrected chi connectivity index (χ1v) is 5.50. The lowest BCUT2D eigenvalue weighted by Gasteiger charge is -2.27. The van der Waals surface area contributed by atoms with E-state index in [4.69, 9.17) is 4.74 Å². The Hall–Kier alpha value is -1.25. The number of hydrogen-bond donors (Lipinski definition) is 0. The number of ether oxygens (including phenoxy) is 1. The van der Waals surface area contributed by atoms with Crippen LogP contribution in [0.15, 0.2) is 18.2 Å². The van der Waals surface area contributed by atoms with E-state index in [1.807, 2.05) is 12.4 Å². The molecule has 1 aromatic rings. The SMILES string of the molecule is CC(C)C1=C(C(C)C)n2ccnc2CO1. The van der Waals surface area contributed by atoms with Crippen molar-refractivity contribution in [3.05, 3.63) is 24.0 Å². The Kier molecular flexibility index (Phi) is 2.55. The fourth-order valence-electron chi connectivity index (χ4n) is 2.02. The minimum Gasteiger partial charge on any atom is -0.488 e. The Balaban J connectivity index is 2.54. The van der Waals surface area contributed by atoms with Crippen LogP contribution in [0, 0.1) is 11.8 Å². The second-order valence-corrected chi connectivity index (χ2v) is 4.56. The monoisotopic (exact) mass is 206 g/mol. The fraction of sp³-hybridized carbons (Fsp3) is 0.583. The van der Waals surface area contributed by atoms with E-state index in [1.165, 1.54) is 5.70 Å². The van der Waals surface area contributed by atoms with Crippen LogP contribution in [0.4, 0.5) is 0 Å². The Morgan fingerprint density at radius 2 is 2.00 bits per heavy atom. The van der Waals surface area contributed by atoms with Crippen molar-refractivity contribution in [2.45, 2.75) is 34.3 Å². The first kappa shape index (κ1) is 10.3. The summed E-state index contributed by atoms with van der Waals surface area (Å²) in [5.41, 5.74) is 1.25. The van der Waals surface area contributed by atoms with Crippen LogP contribution in [0.1, 0.15) is 33.5 Å². The molecule has 0 atom stereocenters. The van der Waals surface area contributed by atoms with Gasteiger partial charge in [0.15, 0.2) is 5.82 Å². The summed E-state index contributed by atoms with van der Waals surface area (Å²) in [6.07, 6.45) is 3.86. The molecule has 3 heteroatoms. The minimum absolute atomic E-state index is 0.429. The van der Waals surface area contributed by atoms with Gasteiger partial charge in [0.25, 0.3) is 0 Å². The molecule has 0 bridgehead atoms. The number of rotatable bonds is 2. The van der Waals surface area contributed by atoms with Gasteiger partial charge in [-0.15, -0.1) is 0 Å². The van der Waals surface area contributed by atoms with E-state index in [2.05, 4.69) is 37.2 Å². The zero-order valence-corrected chi connectivity index (χ0v) is 9.82. The second-order valence-electron chi connectivity index (χ2n) is 4.56. The Bertz CT molecular complexity index is 388. The van der Waals surface area contributed by atoms with Crippen molar-refractivity contribution in [1.82, 2.24) is 9.55 Å². The molecule has 0 saturated heterocycles. The zero-order chi connectivity index (χ0) is 11.0. The highest BCUT2D eigenvalue weighted by Gasteiger charge is 2.24. The number of hydrogen-bond acceptors (Lipinski definition) is 2. The summed E-state index contributed by atoms with van der Waals surface area (Å²) in [5, 5.41) is 0. The van der Waals surface area contributed by atoms with E-state index < -0.39 is 0 Å². The van der Waals surface area contributed by atoms with E-state index in [-0.39, 0.29) is 0 Å². The third-order valence-electron chi connectivity index (χ3n) is 2.66. The van der Waals surface area contributed by atoms with Gasteiger partial charge in [-0.3, -0.25) is 0 Å². The molecule has 0 spiro atoms. The highest BCUT2D eigenvalue weighted by atomic mass is 16.5. The van der Waals surface area contributed by atoms with Crippen LogP contribution < -0.4 is 0 Å². The van der Waals surface area contributed by atoms with Gasteiger partial charge in [0, 0.05) is 18.3 Å². The van der Waals surface area contributed by atoms with Crippen LogP contribution in [-0.4, -0.2) is 9.55 Å². The lowest BCUT2D eigenvalue weighted by atomic mass is 10.0. The highest BCUT2D eigenvalue weighted by Crippen LogP contribution is 2.31. The van der Waals surface area contributed by atoms with Gasteiger partial charge in [-0.2, -0.15) is 0 Å². The molecule has 82 valence electrons. The average Bonchev–Trinajstić information content (AvgIpc) is 2.62. The van der Waals surface area contributed by atoms with Crippen molar-refractivity contribution in [3.63, 3.8) is 0 Å². The van der Waals surface area contributed by atoms with Gasteiger partial charge in [0.05, 0.1) is 5.70 Å². The van der Waals surface area contributed by atoms with Crippen LogP contribution in [0.25, 0.3) is 5.70 Å². The lowest BCUT2D eigenvalue weighted by Crippen LogP contribution is -2.19. The number of imidazole rings is 1. The van der Waals surface area contributed by atoms with Gasteiger partial charge >= 0.3 is 0 Å². The second kappa shape index (κ2) is 3.72. The number of fused-ring (bicyclic) bond motifs is 1. The topological polar surface area (TPSA) is 27.1 Å². The molecule has 0 aromatic carbocycles. The van der Waals surface area contributed by atoms with Crippen molar-refractivity contribution in [3.8, 4) is 0 Å². The maximum absolute atomic E-state index is 5.79. The largest absolute Gasteiger partial charge is 0.488 e. The molecule has 2 rings (SSSR count). The molecule has 1 aliphatic heterocycles. The van der Waals surface area contributed by atoms with E-state index in [0.717, 1.165) is 11.6 Å². The molecule has 0 amide bonds.